The third-order valence-corrected chi connectivity index (χ3v) is 4.57. The summed E-state index contributed by atoms with van der Waals surface area (Å²) in [5, 5.41) is 13.8. The van der Waals surface area contributed by atoms with Crippen LogP contribution < -0.4 is 11.1 Å². The van der Waals surface area contributed by atoms with Crippen LogP contribution in [0.25, 0.3) is 0 Å². The minimum absolute atomic E-state index is 0.155. The molecule has 1 saturated carbocycles. The zero-order valence-electron chi connectivity index (χ0n) is 10.2. The molecule has 96 valence electrons. The van der Waals surface area contributed by atoms with E-state index in [2.05, 4.69) is 5.32 Å². The van der Waals surface area contributed by atoms with Crippen molar-refractivity contribution < 1.29 is 5.11 Å². The van der Waals surface area contributed by atoms with E-state index < -0.39 is 0 Å². The summed E-state index contributed by atoms with van der Waals surface area (Å²) in [5.74, 6) is 0.898. The van der Waals surface area contributed by atoms with E-state index in [-0.39, 0.29) is 6.10 Å². The first-order valence-electron chi connectivity index (χ1n) is 6.53. The van der Waals surface area contributed by atoms with Gasteiger partial charge in [0.15, 0.2) is 0 Å². The SMILES string of the molecule is NCCNCCC(O)CSC1CCCCC1. The minimum Gasteiger partial charge on any atom is -0.392 e. The Bertz CT molecular complexity index is 163. The average molecular weight is 246 g/mol. The Morgan fingerprint density at radius 3 is 2.69 bits per heavy atom. The van der Waals surface area contributed by atoms with Gasteiger partial charge in [-0.15, -0.1) is 0 Å². The second-order valence-corrected chi connectivity index (χ2v) is 5.91. The second-order valence-electron chi connectivity index (χ2n) is 4.57. The normalized spacial score (nSPS) is 19.9. The molecule has 1 fully saturated rings. The Kier molecular flexibility index (Phi) is 8.29. The molecule has 1 aliphatic carbocycles. The van der Waals surface area contributed by atoms with Gasteiger partial charge in [0, 0.05) is 24.1 Å². The Labute approximate surface area is 104 Å². The van der Waals surface area contributed by atoms with Crippen molar-refractivity contribution in [3.8, 4) is 0 Å². The van der Waals surface area contributed by atoms with Crippen molar-refractivity contribution in [1.29, 1.82) is 0 Å². The molecule has 0 radical (unpaired) electrons. The van der Waals surface area contributed by atoms with E-state index in [1.165, 1.54) is 32.1 Å². The predicted molar refractivity (Wildman–Crippen MR) is 71.9 cm³/mol. The van der Waals surface area contributed by atoms with Crippen molar-refractivity contribution in [3.63, 3.8) is 0 Å². The fourth-order valence-corrected chi connectivity index (χ4v) is 3.39. The van der Waals surface area contributed by atoms with Gasteiger partial charge in [0.05, 0.1) is 6.10 Å². The van der Waals surface area contributed by atoms with Crippen molar-refractivity contribution in [2.75, 3.05) is 25.4 Å². The molecule has 0 aromatic heterocycles. The standard InChI is InChI=1S/C12H26N2OS/c13-7-9-14-8-6-11(15)10-16-12-4-2-1-3-5-12/h11-12,14-15H,1-10,13H2. The van der Waals surface area contributed by atoms with Crippen LogP contribution in [-0.4, -0.2) is 41.8 Å². The van der Waals surface area contributed by atoms with Gasteiger partial charge in [0.25, 0.3) is 0 Å². The van der Waals surface area contributed by atoms with E-state index in [1.807, 2.05) is 11.8 Å². The number of hydrogen-bond acceptors (Lipinski definition) is 4. The van der Waals surface area contributed by atoms with Crippen LogP contribution in [0.5, 0.6) is 0 Å². The molecule has 4 heteroatoms. The number of aliphatic hydroxyl groups is 1. The van der Waals surface area contributed by atoms with E-state index >= 15 is 0 Å². The Morgan fingerprint density at radius 2 is 2.00 bits per heavy atom. The summed E-state index contributed by atoms with van der Waals surface area (Å²) in [7, 11) is 0. The van der Waals surface area contributed by atoms with Crippen LogP contribution in [0.4, 0.5) is 0 Å². The summed E-state index contributed by atoms with van der Waals surface area (Å²) < 4.78 is 0. The second kappa shape index (κ2) is 9.28. The molecule has 1 unspecified atom stereocenters. The lowest BCUT2D eigenvalue weighted by Crippen LogP contribution is -2.27. The van der Waals surface area contributed by atoms with Gasteiger partial charge < -0.3 is 16.2 Å². The molecule has 1 atom stereocenters. The van der Waals surface area contributed by atoms with Gasteiger partial charge in [-0.05, 0) is 25.8 Å². The van der Waals surface area contributed by atoms with Crippen LogP contribution in [0.2, 0.25) is 0 Å². The average Bonchev–Trinajstić information content (AvgIpc) is 2.33. The van der Waals surface area contributed by atoms with Crippen molar-refractivity contribution in [2.24, 2.45) is 5.73 Å². The third kappa shape index (κ3) is 6.74. The molecule has 0 spiro atoms. The summed E-state index contributed by atoms with van der Waals surface area (Å²) in [6.07, 6.45) is 7.56. The van der Waals surface area contributed by atoms with Gasteiger partial charge in [-0.3, -0.25) is 0 Å². The smallest absolute Gasteiger partial charge is 0.0642 e. The molecule has 0 aliphatic heterocycles. The van der Waals surface area contributed by atoms with Gasteiger partial charge in [0.1, 0.15) is 0 Å². The molecule has 16 heavy (non-hydrogen) atoms. The number of rotatable bonds is 8. The molecule has 1 rings (SSSR count). The van der Waals surface area contributed by atoms with Gasteiger partial charge in [-0.2, -0.15) is 11.8 Å². The first-order valence-corrected chi connectivity index (χ1v) is 7.58. The quantitative estimate of drug-likeness (QED) is 0.566. The molecule has 0 bridgehead atoms. The van der Waals surface area contributed by atoms with Crippen molar-refractivity contribution in [3.05, 3.63) is 0 Å². The Morgan fingerprint density at radius 1 is 1.25 bits per heavy atom. The lowest BCUT2D eigenvalue weighted by atomic mass is 10.0. The van der Waals surface area contributed by atoms with Gasteiger partial charge in [-0.25, -0.2) is 0 Å². The van der Waals surface area contributed by atoms with Crippen LogP contribution in [0.15, 0.2) is 0 Å². The molecule has 0 aromatic carbocycles. The van der Waals surface area contributed by atoms with Crippen LogP contribution >= 0.6 is 11.8 Å². The van der Waals surface area contributed by atoms with E-state index in [0.717, 1.165) is 30.5 Å². The highest BCUT2D eigenvalue weighted by atomic mass is 32.2. The van der Waals surface area contributed by atoms with Crippen LogP contribution in [0, 0.1) is 0 Å². The van der Waals surface area contributed by atoms with E-state index in [9.17, 15) is 5.11 Å². The number of hydrogen-bond donors (Lipinski definition) is 3. The maximum Gasteiger partial charge on any atom is 0.0642 e. The first-order chi connectivity index (χ1) is 7.83. The molecule has 0 heterocycles. The summed E-state index contributed by atoms with van der Waals surface area (Å²) in [5.41, 5.74) is 5.37. The van der Waals surface area contributed by atoms with Crippen LogP contribution in [-0.2, 0) is 0 Å². The molecule has 1 aliphatic rings. The monoisotopic (exact) mass is 246 g/mol. The highest BCUT2D eigenvalue weighted by Crippen LogP contribution is 2.28. The van der Waals surface area contributed by atoms with E-state index in [0.29, 0.717) is 6.54 Å². The molecule has 0 aromatic rings. The zero-order chi connectivity index (χ0) is 11.6. The molecule has 0 saturated heterocycles. The highest BCUT2D eigenvalue weighted by molar-refractivity contribution is 7.99. The number of nitrogens with one attached hydrogen (secondary N) is 1. The number of aliphatic hydroxyl groups excluding tert-OH is 1. The Hall–Kier alpha value is 0.230. The van der Waals surface area contributed by atoms with Crippen molar-refractivity contribution in [2.45, 2.75) is 49.9 Å². The van der Waals surface area contributed by atoms with Gasteiger partial charge in [-0.1, -0.05) is 19.3 Å². The lowest BCUT2D eigenvalue weighted by molar-refractivity contribution is 0.188. The fourth-order valence-electron chi connectivity index (χ4n) is 2.06. The maximum absolute atomic E-state index is 9.79. The number of thioether (sulfide) groups is 1. The predicted octanol–water partition coefficient (Wildman–Crippen LogP) is 1.35. The summed E-state index contributed by atoms with van der Waals surface area (Å²) in [6.45, 7) is 2.40. The zero-order valence-corrected chi connectivity index (χ0v) is 11.0. The minimum atomic E-state index is -0.155. The van der Waals surface area contributed by atoms with Gasteiger partial charge >= 0.3 is 0 Å². The van der Waals surface area contributed by atoms with E-state index in [1.54, 1.807) is 0 Å². The molecule has 3 nitrogen and oxygen atoms in total. The van der Waals surface area contributed by atoms with Crippen LogP contribution in [0.3, 0.4) is 0 Å². The van der Waals surface area contributed by atoms with Crippen molar-refractivity contribution >= 4 is 11.8 Å². The molecular weight excluding hydrogens is 220 g/mol. The largest absolute Gasteiger partial charge is 0.392 e. The van der Waals surface area contributed by atoms with Crippen LogP contribution in [0.1, 0.15) is 38.5 Å². The summed E-state index contributed by atoms with van der Waals surface area (Å²) in [4.78, 5) is 0. The maximum atomic E-state index is 9.79. The molecule has 4 N–H and O–H groups in total. The van der Waals surface area contributed by atoms with Gasteiger partial charge in [0.2, 0.25) is 0 Å². The summed E-state index contributed by atoms with van der Waals surface area (Å²) >= 11 is 1.97. The lowest BCUT2D eigenvalue weighted by Gasteiger charge is -2.22. The highest BCUT2D eigenvalue weighted by Gasteiger charge is 2.15. The first kappa shape index (κ1) is 14.3. The molecular formula is C12H26N2OS. The number of nitrogens with two attached hydrogens (primary N) is 1. The third-order valence-electron chi connectivity index (χ3n) is 3.05. The molecule has 0 amide bonds. The fraction of sp³-hybridized carbons (Fsp3) is 1.00. The van der Waals surface area contributed by atoms with E-state index in [4.69, 9.17) is 5.73 Å². The topological polar surface area (TPSA) is 58.3 Å². The van der Waals surface area contributed by atoms with Crippen molar-refractivity contribution in [1.82, 2.24) is 5.32 Å². The summed E-state index contributed by atoms with van der Waals surface area (Å²) in [6, 6.07) is 0. The Balaban J connectivity index is 1.94.